The van der Waals surface area contributed by atoms with Crippen LogP contribution in [-0.4, -0.2) is 71.4 Å². The van der Waals surface area contributed by atoms with E-state index in [9.17, 15) is 9.59 Å². The molecule has 1 unspecified atom stereocenters. The first-order valence-corrected chi connectivity index (χ1v) is 10.1. The lowest BCUT2D eigenvalue weighted by Crippen LogP contribution is -2.53. The van der Waals surface area contributed by atoms with Gasteiger partial charge in [-0.2, -0.15) is 0 Å². The lowest BCUT2D eigenvalue weighted by Gasteiger charge is -2.46. The summed E-state index contributed by atoms with van der Waals surface area (Å²) >= 11 is 0. The van der Waals surface area contributed by atoms with Crippen LogP contribution in [0.15, 0.2) is 41.5 Å². The summed E-state index contributed by atoms with van der Waals surface area (Å²) in [6, 6.07) is 3.51. The molecule has 29 heavy (non-hydrogen) atoms. The molecule has 0 aromatic carbocycles. The van der Waals surface area contributed by atoms with Gasteiger partial charge in [-0.15, -0.1) is 0 Å². The van der Waals surface area contributed by atoms with E-state index in [0.29, 0.717) is 31.1 Å². The van der Waals surface area contributed by atoms with Crippen LogP contribution in [0.25, 0.3) is 0 Å². The van der Waals surface area contributed by atoms with Gasteiger partial charge >= 0.3 is 0 Å². The molecule has 2 aromatic rings. The van der Waals surface area contributed by atoms with Crippen molar-refractivity contribution in [3.63, 3.8) is 0 Å². The third-order valence-electron chi connectivity index (χ3n) is 7.21. The van der Waals surface area contributed by atoms with E-state index in [0.717, 1.165) is 32.4 Å². The van der Waals surface area contributed by atoms with Crippen molar-refractivity contribution in [3.8, 4) is 0 Å². The zero-order valence-corrected chi connectivity index (χ0v) is 16.6. The van der Waals surface area contributed by atoms with E-state index < -0.39 is 5.41 Å². The van der Waals surface area contributed by atoms with Crippen molar-refractivity contribution in [2.75, 3.05) is 44.7 Å². The van der Waals surface area contributed by atoms with Crippen LogP contribution in [0, 0.1) is 10.8 Å². The summed E-state index contributed by atoms with van der Waals surface area (Å²) in [5.41, 5.74) is -0.00878. The molecular weight excluding hydrogens is 370 g/mol. The Morgan fingerprint density at radius 2 is 1.86 bits per heavy atom. The monoisotopic (exact) mass is 395 g/mol. The van der Waals surface area contributed by atoms with Gasteiger partial charge < -0.3 is 19.1 Å². The normalized spacial score (nSPS) is 26.1. The molecule has 3 aliphatic heterocycles. The van der Waals surface area contributed by atoms with Crippen LogP contribution in [0.3, 0.4) is 0 Å². The maximum atomic E-state index is 13.3. The van der Waals surface area contributed by atoms with Crippen molar-refractivity contribution in [1.29, 1.82) is 0 Å². The molecule has 152 valence electrons. The molecule has 0 aliphatic carbocycles. The van der Waals surface area contributed by atoms with Crippen LogP contribution in [0.2, 0.25) is 0 Å². The number of carbonyl (C=O) groups is 2. The van der Waals surface area contributed by atoms with Crippen molar-refractivity contribution >= 4 is 17.8 Å². The van der Waals surface area contributed by atoms with Gasteiger partial charge in [0.1, 0.15) is 6.26 Å². The molecule has 0 saturated carbocycles. The molecule has 3 fully saturated rings. The van der Waals surface area contributed by atoms with Gasteiger partial charge in [-0.1, -0.05) is 0 Å². The Morgan fingerprint density at radius 3 is 2.48 bits per heavy atom. The zero-order chi connectivity index (χ0) is 20.1. The molecule has 5 rings (SSSR count). The van der Waals surface area contributed by atoms with Crippen LogP contribution in [0.5, 0.6) is 0 Å². The Bertz CT molecular complexity index is 908. The molecule has 0 N–H and O–H groups in total. The number of anilines is 1. The molecule has 2 spiro atoms. The van der Waals surface area contributed by atoms with Gasteiger partial charge in [0, 0.05) is 57.6 Å². The second-order valence-electron chi connectivity index (χ2n) is 8.55. The Labute approximate surface area is 169 Å². The predicted octanol–water partition coefficient (Wildman–Crippen LogP) is 1.66. The first kappa shape index (κ1) is 18.1. The Kier molecular flexibility index (Phi) is 4.11. The lowest BCUT2D eigenvalue weighted by molar-refractivity contribution is -0.140. The number of carbonyl (C=O) groups excluding carboxylic acids is 2. The molecule has 5 heterocycles. The molecule has 1 atom stereocenters. The van der Waals surface area contributed by atoms with Crippen molar-refractivity contribution in [1.82, 2.24) is 19.8 Å². The number of piperidine rings is 1. The van der Waals surface area contributed by atoms with Crippen LogP contribution >= 0.6 is 0 Å². The van der Waals surface area contributed by atoms with Crippen LogP contribution in [0.4, 0.5) is 5.95 Å². The number of aromatic nitrogens is 2. The first-order valence-electron chi connectivity index (χ1n) is 10.1. The summed E-state index contributed by atoms with van der Waals surface area (Å²) in [5, 5.41) is 0. The largest absolute Gasteiger partial charge is 0.472 e. The quantitative estimate of drug-likeness (QED) is 0.769. The fourth-order valence-electron chi connectivity index (χ4n) is 5.58. The average molecular weight is 395 g/mol. The van der Waals surface area contributed by atoms with Crippen molar-refractivity contribution in [3.05, 3.63) is 42.6 Å². The highest BCUT2D eigenvalue weighted by atomic mass is 16.3. The minimum absolute atomic E-state index is 0.00115. The van der Waals surface area contributed by atoms with Gasteiger partial charge in [0.15, 0.2) is 0 Å². The molecule has 8 heteroatoms. The smallest absolute Gasteiger partial charge is 0.257 e. The Hall–Kier alpha value is -2.90. The summed E-state index contributed by atoms with van der Waals surface area (Å²) in [7, 11) is 1.89. The molecule has 3 aliphatic rings. The highest BCUT2D eigenvalue weighted by Gasteiger charge is 2.65. The van der Waals surface area contributed by atoms with E-state index in [4.69, 9.17) is 4.42 Å². The third-order valence-corrected chi connectivity index (χ3v) is 7.21. The SMILES string of the molecule is CN1CCC2(CN(c3ncccn3)CC23CCN(C(=O)c2ccoc2)CC3)C1=O. The predicted molar refractivity (Wildman–Crippen MR) is 105 cm³/mol. The molecule has 2 amide bonds. The third kappa shape index (κ3) is 2.65. The Morgan fingerprint density at radius 1 is 1.10 bits per heavy atom. The fraction of sp³-hybridized carbons (Fsp3) is 0.524. The summed E-state index contributed by atoms with van der Waals surface area (Å²) < 4.78 is 5.07. The highest BCUT2D eigenvalue weighted by Crippen LogP contribution is 2.58. The molecular formula is C21H25N5O3. The molecule has 0 bridgehead atoms. The second-order valence-corrected chi connectivity index (χ2v) is 8.55. The maximum absolute atomic E-state index is 13.3. The van der Waals surface area contributed by atoms with Crippen molar-refractivity contribution in [2.45, 2.75) is 19.3 Å². The van der Waals surface area contributed by atoms with E-state index in [2.05, 4.69) is 14.9 Å². The average Bonchev–Trinajstić information content (AvgIpc) is 3.46. The van der Waals surface area contributed by atoms with Gasteiger partial charge in [-0.3, -0.25) is 9.59 Å². The summed E-state index contributed by atoms with van der Waals surface area (Å²) in [5.74, 6) is 0.910. The number of furan rings is 1. The van der Waals surface area contributed by atoms with Gasteiger partial charge in [0.2, 0.25) is 11.9 Å². The van der Waals surface area contributed by atoms with Gasteiger partial charge in [-0.05, 0) is 31.4 Å². The number of amides is 2. The topological polar surface area (TPSA) is 82.8 Å². The minimum Gasteiger partial charge on any atom is -0.472 e. The van der Waals surface area contributed by atoms with Crippen molar-refractivity contribution in [2.24, 2.45) is 10.8 Å². The molecule has 2 aromatic heterocycles. The number of rotatable bonds is 2. The molecule has 8 nitrogen and oxygen atoms in total. The zero-order valence-electron chi connectivity index (χ0n) is 16.6. The number of hydrogen-bond acceptors (Lipinski definition) is 6. The first-order chi connectivity index (χ1) is 14.0. The number of hydrogen-bond donors (Lipinski definition) is 0. The van der Waals surface area contributed by atoms with Crippen LogP contribution < -0.4 is 4.90 Å². The highest BCUT2D eigenvalue weighted by molar-refractivity contribution is 5.94. The summed E-state index contributed by atoms with van der Waals surface area (Å²) in [6.07, 6.45) is 8.97. The number of fused-ring (bicyclic) bond motifs is 1. The lowest BCUT2D eigenvalue weighted by atomic mass is 9.60. The second kappa shape index (κ2) is 6.57. The van der Waals surface area contributed by atoms with E-state index in [1.165, 1.54) is 12.5 Å². The number of likely N-dealkylation sites (tertiary alicyclic amines) is 2. The van der Waals surface area contributed by atoms with E-state index in [1.807, 2.05) is 16.8 Å². The summed E-state index contributed by atoms with van der Waals surface area (Å²) in [6.45, 7) is 3.47. The van der Waals surface area contributed by atoms with Gasteiger partial charge in [0.05, 0.1) is 17.2 Å². The maximum Gasteiger partial charge on any atom is 0.257 e. The van der Waals surface area contributed by atoms with Gasteiger partial charge in [-0.25, -0.2) is 9.97 Å². The van der Waals surface area contributed by atoms with Crippen LogP contribution in [0.1, 0.15) is 29.6 Å². The van der Waals surface area contributed by atoms with E-state index in [-0.39, 0.29) is 17.2 Å². The van der Waals surface area contributed by atoms with Crippen LogP contribution in [-0.2, 0) is 4.79 Å². The summed E-state index contributed by atoms with van der Waals surface area (Å²) in [4.78, 5) is 40.9. The molecule has 3 saturated heterocycles. The minimum atomic E-state index is -0.425. The number of nitrogens with zero attached hydrogens (tertiary/aromatic N) is 5. The standard InChI is InChI=1S/C21H25N5O3/c1-24-9-6-21(18(24)28)15-26(19-22-7-2-8-23-19)14-20(21)4-10-25(11-5-20)17(27)16-3-12-29-13-16/h2-3,7-8,12-13H,4-6,9-11,14-15H2,1H3. The van der Waals surface area contributed by atoms with E-state index in [1.54, 1.807) is 24.5 Å². The Balaban J connectivity index is 1.43. The fourth-order valence-corrected chi connectivity index (χ4v) is 5.58. The van der Waals surface area contributed by atoms with Crippen molar-refractivity contribution < 1.29 is 14.0 Å². The van der Waals surface area contributed by atoms with E-state index >= 15 is 0 Å². The van der Waals surface area contributed by atoms with Gasteiger partial charge in [0.25, 0.3) is 5.91 Å². The molecule has 0 radical (unpaired) electrons.